The maximum atomic E-state index is 11.7. The normalized spacial score (nSPS) is 14.0. The second kappa shape index (κ2) is 21.7. The largest absolute Gasteiger partial charge is 0.462 e. The van der Waals surface area contributed by atoms with Gasteiger partial charge >= 0.3 is 11.9 Å². The smallest absolute Gasteiger partial charge is 0.308 e. The lowest BCUT2D eigenvalue weighted by molar-refractivity contribution is -0.160. The molecule has 7 nitrogen and oxygen atoms in total. The number of carbonyl (C=O) groups excluding carboxylic acids is 2. The molecule has 0 amide bonds. The Morgan fingerprint density at radius 1 is 0.750 bits per heavy atom. The van der Waals surface area contributed by atoms with Gasteiger partial charge in [-0.05, 0) is 19.3 Å². The minimum absolute atomic E-state index is 0.140. The Hall–Kier alpha value is -1.18. The topological polar surface area (TPSA) is 113 Å². The molecule has 0 fully saturated rings. The number of rotatable bonds is 22. The molecule has 7 heteroatoms. The minimum atomic E-state index is -0.884. The average molecular weight is 461 g/mol. The molecular weight excluding hydrogens is 412 g/mol. The van der Waals surface area contributed by atoms with E-state index in [0.29, 0.717) is 6.42 Å². The van der Waals surface area contributed by atoms with Crippen LogP contribution in [0.3, 0.4) is 0 Å². The molecule has 0 spiro atoms. The van der Waals surface area contributed by atoms with Crippen molar-refractivity contribution in [2.24, 2.45) is 0 Å². The highest BCUT2D eigenvalue weighted by molar-refractivity contribution is 5.70. The Morgan fingerprint density at radius 3 is 1.72 bits per heavy atom. The highest BCUT2D eigenvalue weighted by Crippen LogP contribution is 2.15. The maximum Gasteiger partial charge on any atom is 0.308 e. The number of hydrogen-bond acceptors (Lipinski definition) is 7. The Bertz CT molecular complexity index is 456. The van der Waals surface area contributed by atoms with Gasteiger partial charge in [0.15, 0.2) is 6.10 Å². The number of esters is 2. The van der Waals surface area contributed by atoms with Crippen LogP contribution in [0.25, 0.3) is 0 Å². The van der Waals surface area contributed by atoms with E-state index in [0.717, 1.165) is 32.1 Å². The van der Waals surface area contributed by atoms with Gasteiger partial charge in [-0.25, -0.2) is 0 Å². The van der Waals surface area contributed by atoms with E-state index in [1.165, 1.54) is 64.7 Å². The number of aliphatic hydroxyl groups excluding tert-OH is 3. The molecule has 0 rings (SSSR count). The van der Waals surface area contributed by atoms with Crippen LogP contribution < -0.4 is 0 Å². The number of carbonyl (C=O) groups is 2. The molecule has 0 aromatic heterocycles. The second-order valence-electron chi connectivity index (χ2n) is 8.86. The maximum absolute atomic E-state index is 11.7. The summed E-state index contributed by atoms with van der Waals surface area (Å²) >= 11 is 0. The van der Waals surface area contributed by atoms with Crippen molar-refractivity contribution in [3.63, 3.8) is 0 Å². The second-order valence-corrected chi connectivity index (χ2v) is 8.86. The van der Waals surface area contributed by atoms with Gasteiger partial charge in [0.05, 0.1) is 25.2 Å². The van der Waals surface area contributed by atoms with Crippen molar-refractivity contribution in [3.8, 4) is 0 Å². The van der Waals surface area contributed by atoms with Crippen molar-refractivity contribution in [3.05, 3.63) is 0 Å². The van der Waals surface area contributed by atoms with Crippen LogP contribution in [0.15, 0.2) is 0 Å². The standard InChI is InChI=1S/C25H48O7/c1-3-4-5-6-7-8-9-10-11-12-15-22(28)16-13-14-17-23(29)18-25(30)31-20-24(19-26)32-21(2)27/h22-24,26,28-29H,3-20H2,1-2H3. The highest BCUT2D eigenvalue weighted by atomic mass is 16.6. The Morgan fingerprint density at radius 2 is 1.22 bits per heavy atom. The number of hydrogen-bond donors (Lipinski definition) is 3. The number of unbranched alkanes of at least 4 members (excludes halogenated alkanes) is 10. The molecule has 0 bridgehead atoms. The fourth-order valence-electron chi connectivity index (χ4n) is 3.67. The SMILES string of the molecule is CCCCCCCCCCCCC(O)CCCCC(O)CC(=O)OCC(CO)OC(C)=O. The average Bonchev–Trinajstić information content (AvgIpc) is 2.75. The first kappa shape index (κ1) is 30.8. The van der Waals surface area contributed by atoms with E-state index < -0.39 is 30.8 Å². The Kier molecular flexibility index (Phi) is 20.9. The molecule has 0 aliphatic carbocycles. The van der Waals surface area contributed by atoms with Crippen molar-refractivity contribution >= 4 is 11.9 Å². The summed E-state index contributed by atoms with van der Waals surface area (Å²) in [6, 6.07) is 0. The van der Waals surface area contributed by atoms with Gasteiger partial charge in [0, 0.05) is 6.92 Å². The van der Waals surface area contributed by atoms with Crippen molar-refractivity contribution in [1.82, 2.24) is 0 Å². The van der Waals surface area contributed by atoms with Crippen molar-refractivity contribution in [2.75, 3.05) is 13.2 Å². The zero-order valence-electron chi connectivity index (χ0n) is 20.4. The quantitative estimate of drug-likeness (QED) is 0.162. The van der Waals surface area contributed by atoms with Crippen LogP contribution in [-0.4, -0.2) is 58.8 Å². The van der Waals surface area contributed by atoms with E-state index in [1.807, 2.05) is 0 Å². The Labute approximate surface area is 194 Å². The predicted octanol–water partition coefficient (Wildman–Crippen LogP) is 4.44. The first-order chi connectivity index (χ1) is 15.4. The van der Waals surface area contributed by atoms with Crippen molar-refractivity contribution < 1.29 is 34.4 Å². The molecule has 32 heavy (non-hydrogen) atoms. The van der Waals surface area contributed by atoms with E-state index >= 15 is 0 Å². The summed E-state index contributed by atoms with van der Waals surface area (Å²) in [6.45, 7) is 2.79. The highest BCUT2D eigenvalue weighted by Gasteiger charge is 2.16. The molecule has 0 heterocycles. The summed E-state index contributed by atoms with van der Waals surface area (Å²) in [4.78, 5) is 22.6. The summed E-state index contributed by atoms with van der Waals surface area (Å²) in [6.07, 6.45) is 14.3. The number of ether oxygens (including phenoxy) is 2. The van der Waals surface area contributed by atoms with Crippen LogP contribution in [0.2, 0.25) is 0 Å². The molecule has 3 N–H and O–H groups in total. The van der Waals surface area contributed by atoms with Gasteiger partial charge in [0.2, 0.25) is 0 Å². The van der Waals surface area contributed by atoms with Gasteiger partial charge in [-0.1, -0.05) is 84.0 Å². The third-order valence-electron chi connectivity index (χ3n) is 5.58. The van der Waals surface area contributed by atoms with Crippen LogP contribution in [0.5, 0.6) is 0 Å². The third kappa shape index (κ3) is 20.7. The number of aliphatic hydroxyl groups is 3. The lowest BCUT2D eigenvalue weighted by Gasteiger charge is -2.15. The molecule has 0 aliphatic rings. The van der Waals surface area contributed by atoms with Gasteiger partial charge in [0.1, 0.15) is 6.61 Å². The van der Waals surface area contributed by atoms with Gasteiger partial charge < -0.3 is 24.8 Å². The molecule has 0 radical (unpaired) electrons. The molecule has 3 atom stereocenters. The zero-order valence-corrected chi connectivity index (χ0v) is 20.4. The fourth-order valence-corrected chi connectivity index (χ4v) is 3.67. The van der Waals surface area contributed by atoms with E-state index in [4.69, 9.17) is 14.6 Å². The summed E-state index contributed by atoms with van der Waals surface area (Å²) < 4.78 is 9.71. The molecule has 0 saturated heterocycles. The molecule has 3 unspecified atom stereocenters. The summed E-state index contributed by atoms with van der Waals surface area (Å²) in [7, 11) is 0. The van der Waals surface area contributed by atoms with E-state index in [1.54, 1.807) is 0 Å². The monoisotopic (exact) mass is 460 g/mol. The van der Waals surface area contributed by atoms with Crippen LogP contribution in [0, 0.1) is 0 Å². The van der Waals surface area contributed by atoms with E-state index in [9.17, 15) is 19.8 Å². The van der Waals surface area contributed by atoms with Crippen LogP contribution in [0.4, 0.5) is 0 Å². The van der Waals surface area contributed by atoms with E-state index in [2.05, 4.69) is 6.92 Å². The van der Waals surface area contributed by atoms with Gasteiger partial charge in [0.25, 0.3) is 0 Å². The molecular formula is C25H48O7. The third-order valence-corrected chi connectivity index (χ3v) is 5.58. The fraction of sp³-hybridized carbons (Fsp3) is 0.920. The zero-order chi connectivity index (χ0) is 24.0. The summed E-state index contributed by atoms with van der Waals surface area (Å²) in [5.74, 6) is -1.15. The summed E-state index contributed by atoms with van der Waals surface area (Å²) in [5.41, 5.74) is 0. The Balaban J connectivity index is 3.58. The van der Waals surface area contributed by atoms with E-state index in [-0.39, 0.29) is 19.1 Å². The molecule has 0 aromatic carbocycles. The molecule has 0 aromatic rings. The predicted molar refractivity (Wildman–Crippen MR) is 125 cm³/mol. The van der Waals surface area contributed by atoms with Gasteiger partial charge in [-0.3, -0.25) is 9.59 Å². The van der Waals surface area contributed by atoms with Crippen LogP contribution in [-0.2, 0) is 19.1 Å². The van der Waals surface area contributed by atoms with Crippen LogP contribution in [0.1, 0.15) is 117 Å². The molecule has 190 valence electrons. The lowest BCUT2D eigenvalue weighted by atomic mass is 10.0. The molecule has 0 saturated carbocycles. The van der Waals surface area contributed by atoms with Crippen molar-refractivity contribution in [2.45, 2.75) is 135 Å². The van der Waals surface area contributed by atoms with Crippen molar-refractivity contribution in [1.29, 1.82) is 0 Å². The minimum Gasteiger partial charge on any atom is -0.462 e. The summed E-state index contributed by atoms with van der Waals surface area (Å²) in [5, 5.41) is 29.1. The van der Waals surface area contributed by atoms with Gasteiger partial charge in [-0.2, -0.15) is 0 Å². The first-order valence-electron chi connectivity index (χ1n) is 12.7. The van der Waals surface area contributed by atoms with Crippen LogP contribution >= 0.6 is 0 Å². The lowest BCUT2D eigenvalue weighted by Crippen LogP contribution is -2.28. The molecule has 0 aliphatic heterocycles. The van der Waals surface area contributed by atoms with Gasteiger partial charge in [-0.15, -0.1) is 0 Å². The first-order valence-corrected chi connectivity index (χ1v) is 12.7.